The molecule has 4 atom stereocenters. The lowest BCUT2D eigenvalue weighted by atomic mass is 10.1. The van der Waals surface area contributed by atoms with E-state index in [1.807, 2.05) is 0 Å². The van der Waals surface area contributed by atoms with Gasteiger partial charge in [0.25, 0.3) is 0 Å². The number of hydrogen-bond acceptors (Lipinski definition) is 9. The molecule has 1 aliphatic heterocycles. The van der Waals surface area contributed by atoms with Crippen molar-refractivity contribution in [2.75, 3.05) is 20.8 Å². The Morgan fingerprint density at radius 3 is 2.59 bits per heavy atom. The van der Waals surface area contributed by atoms with Gasteiger partial charge in [0.05, 0.1) is 27.2 Å². The van der Waals surface area contributed by atoms with E-state index in [2.05, 4.69) is 15.0 Å². The van der Waals surface area contributed by atoms with Crippen LogP contribution in [0, 0.1) is 0 Å². The zero-order valence-electron chi connectivity index (χ0n) is 11.9. The number of nitrogens with zero attached hydrogens (tertiary/aromatic N) is 4. The largest absolute Gasteiger partial charge is 0.479 e. The molecule has 4 unspecified atom stereocenters. The van der Waals surface area contributed by atoms with Crippen LogP contribution in [-0.4, -0.2) is 74.0 Å². The van der Waals surface area contributed by atoms with Crippen molar-refractivity contribution in [3.63, 3.8) is 0 Å². The van der Waals surface area contributed by atoms with Gasteiger partial charge in [-0.1, -0.05) is 0 Å². The molecule has 0 spiro atoms. The van der Waals surface area contributed by atoms with Crippen LogP contribution in [0.4, 0.5) is 0 Å². The average Bonchev–Trinajstić information content (AvgIpc) is 3.08. The Labute approximate surface area is 124 Å². The molecule has 1 aliphatic rings. The van der Waals surface area contributed by atoms with E-state index in [-0.39, 0.29) is 11.9 Å². The maximum absolute atomic E-state index is 10.1. The monoisotopic (exact) mass is 312 g/mol. The van der Waals surface area contributed by atoms with Crippen molar-refractivity contribution in [1.29, 1.82) is 0 Å². The van der Waals surface area contributed by atoms with E-state index in [9.17, 15) is 10.2 Å². The van der Waals surface area contributed by atoms with E-state index < -0.39 is 31.1 Å². The standard InChI is InChI=1S/C12H16N4O6/c1-20-10-6-9(14-12(15-10)21-2)16(4-13-6)11-8(19)7(18)5(3-17)22-11/h4-5,7-8,11,17-19H,3H2,1-2H3. The Hall–Kier alpha value is -2.01. The van der Waals surface area contributed by atoms with Crippen molar-refractivity contribution in [1.82, 2.24) is 19.5 Å². The lowest BCUT2D eigenvalue weighted by molar-refractivity contribution is -0.0511. The number of methoxy groups -OCH3 is 2. The summed E-state index contributed by atoms with van der Waals surface area (Å²) in [5.41, 5.74) is 0.680. The number of rotatable bonds is 4. The summed E-state index contributed by atoms with van der Waals surface area (Å²) in [6.45, 7) is -0.414. The summed E-state index contributed by atoms with van der Waals surface area (Å²) in [6, 6.07) is 0.0674. The molecule has 10 nitrogen and oxygen atoms in total. The molecule has 3 rings (SSSR count). The molecule has 3 heterocycles. The van der Waals surface area contributed by atoms with Gasteiger partial charge in [-0.15, -0.1) is 0 Å². The molecule has 0 amide bonds. The third-order valence-electron chi connectivity index (χ3n) is 3.54. The van der Waals surface area contributed by atoms with Gasteiger partial charge < -0.3 is 29.5 Å². The molecule has 0 saturated carbocycles. The first-order chi connectivity index (χ1) is 10.6. The molecule has 0 bridgehead atoms. The van der Waals surface area contributed by atoms with Crippen molar-refractivity contribution >= 4 is 11.2 Å². The molecule has 2 aromatic rings. The van der Waals surface area contributed by atoms with Crippen LogP contribution in [-0.2, 0) is 4.74 Å². The first-order valence-electron chi connectivity index (χ1n) is 6.55. The van der Waals surface area contributed by atoms with Crippen molar-refractivity contribution in [3.8, 4) is 11.9 Å². The van der Waals surface area contributed by atoms with Gasteiger partial charge in [-0.25, -0.2) is 4.98 Å². The van der Waals surface area contributed by atoms with Gasteiger partial charge in [0.1, 0.15) is 18.3 Å². The highest BCUT2D eigenvalue weighted by Crippen LogP contribution is 2.33. The first kappa shape index (κ1) is 14.9. The topological polar surface area (TPSA) is 132 Å². The molecule has 3 N–H and O–H groups in total. The number of hydrogen-bond donors (Lipinski definition) is 3. The van der Waals surface area contributed by atoms with Gasteiger partial charge in [-0.3, -0.25) is 4.57 Å². The second-order valence-electron chi connectivity index (χ2n) is 4.77. The Morgan fingerprint density at radius 2 is 2.00 bits per heavy atom. The van der Waals surface area contributed by atoms with E-state index in [1.54, 1.807) is 0 Å². The Bertz CT molecular complexity index is 677. The quantitative estimate of drug-likeness (QED) is 0.614. The summed E-state index contributed by atoms with van der Waals surface area (Å²) in [4.78, 5) is 12.3. The molecule has 2 aromatic heterocycles. The van der Waals surface area contributed by atoms with Crippen LogP contribution in [0.15, 0.2) is 6.33 Å². The number of aliphatic hydroxyl groups is 3. The zero-order valence-corrected chi connectivity index (χ0v) is 11.9. The van der Waals surface area contributed by atoms with Crippen LogP contribution in [0.1, 0.15) is 6.23 Å². The third kappa shape index (κ3) is 2.16. The fraction of sp³-hybridized carbons (Fsp3) is 0.583. The molecule has 1 saturated heterocycles. The predicted octanol–water partition coefficient (Wildman–Crippen LogP) is -1.55. The molecule has 10 heteroatoms. The zero-order chi connectivity index (χ0) is 15.9. The second-order valence-corrected chi connectivity index (χ2v) is 4.77. The molecule has 0 aromatic carbocycles. The van der Waals surface area contributed by atoms with Gasteiger partial charge in [-0.05, 0) is 0 Å². The van der Waals surface area contributed by atoms with Gasteiger partial charge in [0, 0.05) is 0 Å². The summed E-state index contributed by atoms with van der Waals surface area (Å²) in [5.74, 6) is 0.215. The van der Waals surface area contributed by atoms with Crippen LogP contribution in [0.2, 0.25) is 0 Å². The normalized spacial score (nSPS) is 28.2. The number of ether oxygens (including phenoxy) is 3. The van der Waals surface area contributed by atoms with Crippen molar-refractivity contribution in [3.05, 3.63) is 6.33 Å². The molecule has 0 aliphatic carbocycles. The van der Waals surface area contributed by atoms with Crippen molar-refractivity contribution in [2.24, 2.45) is 0 Å². The van der Waals surface area contributed by atoms with Crippen LogP contribution in [0.25, 0.3) is 11.2 Å². The molecule has 0 radical (unpaired) electrons. The maximum Gasteiger partial charge on any atom is 0.321 e. The number of imidazole rings is 1. The smallest absolute Gasteiger partial charge is 0.321 e. The summed E-state index contributed by atoms with van der Waals surface area (Å²) < 4.78 is 17.0. The van der Waals surface area contributed by atoms with E-state index >= 15 is 0 Å². The van der Waals surface area contributed by atoms with Crippen LogP contribution < -0.4 is 9.47 Å². The molecular weight excluding hydrogens is 296 g/mol. The van der Waals surface area contributed by atoms with Crippen LogP contribution >= 0.6 is 0 Å². The fourth-order valence-electron chi connectivity index (χ4n) is 2.40. The average molecular weight is 312 g/mol. The molecule has 1 fully saturated rings. The highest BCUT2D eigenvalue weighted by molar-refractivity contribution is 5.76. The first-order valence-corrected chi connectivity index (χ1v) is 6.55. The highest BCUT2D eigenvalue weighted by Gasteiger charge is 2.44. The summed E-state index contributed by atoms with van der Waals surface area (Å²) in [5, 5.41) is 29.1. The molecule has 22 heavy (non-hydrogen) atoms. The summed E-state index contributed by atoms with van der Waals surface area (Å²) >= 11 is 0. The fourth-order valence-corrected chi connectivity index (χ4v) is 2.40. The number of fused-ring (bicyclic) bond motifs is 1. The van der Waals surface area contributed by atoms with Crippen LogP contribution in [0.5, 0.6) is 11.9 Å². The van der Waals surface area contributed by atoms with Crippen molar-refractivity contribution < 1.29 is 29.5 Å². The summed E-state index contributed by atoms with van der Waals surface area (Å²) in [6.07, 6.45) is -2.88. The van der Waals surface area contributed by atoms with Gasteiger partial charge in [0.15, 0.2) is 17.4 Å². The van der Waals surface area contributed by atoms with Gasteiger partial charge in [-0.2, -0.15) is 9.97 Å². The number of aromatic nitrogens is 4. The SMILES string of the molecule is COc1nc(OC)c2ncn(C3OC(CO)C(O)C3O)c2n1. The predicted molar refractivity (Wildman–Crippen MR) is 71.4 cm³/mol. The maximum atomic E-state index is 10.1. The van der Waals surface area contributed by atoms with E-state index in [0.717, 1.165) is 0 Å². The Kier molecular flexibility index (Phi) is 3.83. The van der Waals surface area contributed by atoms with Crippen molar-refractivity contribution in [2.45, 2.75) is 24.5 Å². The van der Waals surface area contributed by atoms with E-state index in [1.165, 1.54) is 25.1 Å². The third-order valence-corrected chi connectivity index (χ3v) is 3.54. The highest BCUT2D eigenvalue weighted by atomic mass is 16.6. The minimum atomic E-state index is -1.23. The summed E-state index contributed by atoms with van der Waals surface area (Å²) in [7, 11) is 2.85. The van der Waals surface area contributed by atoms with E-state index in [0.29, 0.717) is 11.2 Å². The Balaban J connectivity index is 2.08. The van der Waals surface area contributed by atoms with E-state index in [4.69, 9.17) is 19.3 Å². The van der Waals surface area contributed by atoms with Gasteiger partial charge in [0.2, 0.25) is 5.88 Å². The second kappa shape index (κ2) is 5.65. The number of aliphatic hydroxyl groups excluding tert-OH is 3. The lowest BCUT2D eigenvalue weighted by Crippen LogP contribution is -2.33. The molecule has 120 valence electrons. The van der Waals surface area contributed by atoms with Crippen LogP contribution in [0.3, 0.4) is 0 Å². The minimum absolute atomic E-state index is 0.0674. The molecular formula is C12H16N4O6. The lowest BCUT2D eigenvalue weighted by Gasteiger charge is -2.16. The van der Waals surface area contributed by atoms with Gasteiger partial charge >= 0.3 is 6.01 Å². The minimum Gasteiger partial charge on any atom is -0.479 e. The Morgan fingerprint density at radius 1 is 1.23 bits per heavy atom.